The Hall–Kier alpha value is -2.25. The van der Waals surface area contributed by atoms with Crippen LogP contribution in [-0.4, -0.2) is 58.3 Å². The number of piperidine rings is 2. The van der Waals surface area contributed by atoms with Crippen molar-refractivity contribution in [2.75, 3.05) is 26.2 Å². The second-order valence-corrected chi connectivity index (χ2v) is 7.84. The maximum atomic E-state index is 13.1. The lowest BCUT2D eigenvalue weighted by Gasteiger charge is -2.31. The van der Waals surface area contributed by atoms with Gasteiger partial charge in [-0.05, 0) is 49.9 Å². The van der Waals surface area contributed by atoms with Gasteiger partial charge in [-0.3, -0.25) is 9.69 Å². The van der Waals surface area contributed by atoms with Crippen molar-refractivity contribution in [2.45, 2.75) is 44.2 Å². The van der Waals surface area contributed by atoms with E-state index >= 15 is 0 Å². The normalized spacial score (nSPS) is 21.8. The van der Waals surface area contributed by atoms with Crippen LogP contribution in [0.3, 0.4) is 0 Å². The molecule has 2 saturated heterocycles. The van der Waals surface area contributed by atoms with Crippen LogP contribution in [0.4, 0.5) is 4.39 Å². The number of aromatic nitrogens is 1. The van der Waals surface area contributed by atoms with Gasteiger partial charge in [0.15, 0.2) is 0 Å². The number of aliphatic hydroxyl groups excluding tert-OH is 1. The van der Waals surface area contributed by atoms with Crippen LogP contribution in [0.25, 0.3) is 0 Å². The van der Waals surface area contributed by atoms with E-state index < -0.39 is 0 Å². The molecule has 0 spiro atoms. The maximum absolute atomic E-state index is 13.1. The predicted octanol–water partition coefficient (Wildman–Crippen LogP) is 2.79. The highest BCUT2D eigenvalue weighted by molar-refractivity contribution is 5.91. The highest BCUT2D eigenvalue weighted by atomic mass is 19.1. The molecule has 1 aromatic heterocycles. The van der Waals surface area contributed by atoms with Crippen molar-refractivity contribution in [3.8, 4) is 0 Å². The topological polar surface area (TPSA) is 69.8 Å². The van der Waals surface area contributed by atoms with E-state index in [4.69, 9.17) is 4.52 Å². The number of hydrogen-bond acceptors (Lipinski definition) is 5. The number of likely N-dealkylation sites (tertiary alicyclic amines) is 2. The molecule has 0 bridgehead atoms. The fourth-order valence-electron chi connectivity index (χ4n) is 4.10. The first kappa shape index (κ1) is 19.1. The third-order valence-corrected chi connectivity index (χ3v) is 5.73. The van der Waals surface area contributed by atoms with Crippen LogP contribution in [0, 0.1) is 5.82 Å². The Balaban J connectivity index is 1.37. The summed E-state index contributed by atoms with van der Waals surface area (Å²) in [5, 5.41) is 13.8. The third kappa shape index (κ3) is 4.42. The molecule has 3 heterocycles. The van der Waals surface area contributed by atoms with Crippen LogP contribution in [0.5, 0.6) is 0 Å². The molecule has 6 nitrogen and oxygen atoms in total. The first-order valence-electron chi connectivity index (χ1n) is 9.99. The molecule has 150 valence electrons. The molecule has 0 saturated carbocycles. The number of hydrogen-bond donors (Lipinski definition) is 1. The van der Waals surface area contributed by atoms with Crippen LogP contribution < -0.4 is 0 Å². The zero-order chi connectivity index (χ0) is 19.5. The summed E-state index contributed by atoms with van der Waals surface area (Å²) in [5.74, 6) is 0.137. The van der Waals surface area contributed by atoms with E-state index in [1.165, 1.54) is 12.1 Å². The first-order valence-corrected chi connectivity index (χ1v) is 9.99. The number of nitrogens with zero attached hydrogens (tertiary/aromatic N) is 3. The monoisotopic (exact) mass is 387 g/mol. The van der Waals surface area contributed by atoms with Crippen molar-refractivity contribution in [3.63, 3.8) is 0 Å². The fourth-order valence-corrected chi connectivity index (χ4v) is 4.10. The maximum Gasteiger partial charge on any atom is 0.292 e. The van der Waals surface area contributed by atoms with Crippen LogP contribution in [0.15, 0.2) is 34.9 Å². The fraction of sp³-hybridized carbons (Fsp3) is 0.524. The second-order valence-electron chi connectivity index (χ2n) is 7.84. The van der Waals surface area contributed by atoms with Gasteiger partial charge in [-0.2, -0.15) is 0 Å². The summed E-state index contributed by atoms with van der Waals surface area (Å²) in [7, 11) is 0. The highest BCUT2D eigenvalue weighted by Gasteiger charge is 2.28. The molecule has 2 aromatic rings. The zero-order valence-electron chi connectivity index (χ0n) is 15.9. The van der Waals surface area contributed by atoms with Gasteiger partial charge in [-0.15, -0.1) is 0 Å². The van der Waals surface area contributed by atoms with Crippen LogP contribution in [0.1, 0.15) is 53.4 Å². The van der Waals surface area contributed by atoms with Crippen molar-refractivity contribution in [3.05, 3.63) is 53.2 Å². The molecule has 1 amide bonds. The van der Waals surface area contributed by atoms with E-state index in [-0.39, 0.29) is 29.5 Å². The molecule has 0 radical (unpaired) electrons. The summed E-state index contributed by atoms with van der Waals surface area (Å²) < 4.78 is 18.5. The SMILES string of the molecule is O=C(c1cc([C@H]2CCCN(Cc3ccc(F)cc3)C2)no1)N1CCC(O)CC1. The summed E-state index contributed by atoms with van der Waals surface area (Å²) in [6, 6.07) is 8.40. The average Bonchev–Trinajstić information content (AvgIpc) is 3.20. The van der Waals surface area contributed by atoms with Crippen molar-refractivity contribution < 1.29 is 18.8 Å². The number of benzene rings is 1. The molecule has 1 aromatic carbocycles. The number of carbonyl (C=O) groups excluding carboxylic acids is 1. The Morgan fingerprint density at radius 1 is 1.18 bits per heavy atom. The summed E-state index contributed by atoms with van der Waals surface area (Å²) >= 11 is 0. The van der Waals surface area contributed by atoms with Gasteiger partial charge in [0, 0.05) is 38.2 Å². The van der Waals surface area contributed by atoms with E-state index in [2.05, 4.69) is 10.1 Å². The smallest absolute Gasteiger partial charge is 0.292 e. The van der Waals surface area contributed by atoms with Crippen LogP contribution in [-0.2, 0) is 6.54 Å². The molecule has 2 aliphatic rings. The van der Waals surface area contributed by atoms with Crippen molar-refractivity contribution in [2.24, 2.45) is 0 Å². The number of rotatable bonds is 4. The minimum Gasteiger partial charge on any atom is -0.393 e. The number of amides is 1. The summed E-state index contributed by atoms with van der Waals surface area (Å²) in [5.41, 5.74) is 1.91. The Bertz CT molecular complexity index is 799. The Morgan fingerprint density at radius 2 is 1.93 bits per heavy atom. The van der Waals surface area contributed by atoms with Crippen molar-refractivity contribution in [1.29, 1.82) is 0 Å². The largest absolute Gasteiger partial charge is 0.393 e. The van der Waals surface area contributed by atoms with Gasteiger partial charge in [-0.25, -0.2) is 4.39 Å². The molecule has 28 heavy (non-hydrogen) atoms. The van der Waals surface area contributed by atoms with E-state index in [1.807, 2.05) is 12.1 Å². The second kappa shape index (κ2) is 8.41. The molecular weight excluding hydrogens is 361 g/mol. The van der Waals surface area contributed by atoms with Gasteiger partial charge in [0.05, 0.1) is 11.8 Å². The standard InChI is InChI=1S/C21H26FN3O3/c22-17-5-3-15(4-6-17)13-24-9-1-2-16(14-24)19-12-20(28-23-19)21(27)25-10-7-18(26)8-11-25/h3-6,12,16,18,26H,1-2,7-11,13-14H2/t16-/m0/s1. The van der Waals surface area contributed by atoms with Gasteiger partial charge in [0.1, 0.15) is 5.82 Å². The summed E-state index contributed by atoms with van der Waals surface area (Å²) in [6.07, 6.45) is 2.95. The number of aliphatic hydroxyl groups is 1. The van der Waals surface area contributed by atoms with Gasteiger partial charge in [0.2, 0.25) is 5.76 Å². The molecule has 2 aliphatic heterocycles. The highest BCUT2D eigenvalue weighted by Crippen LogP contribution is 2.28. The zero-order valence-corrected chi connectivity index (χ0v) is 15.9. The lowest BCUT2D eigenvalue weighted by Crippen LogP contribution is -2.39. The van der Waals surface area contributed by atoms with E-state index in [1.54, 1.807) is 11.0 Å². The Morgan fingerprint density at radius 3 is 2.68 bits per heavy atom. The quantitative estimate of drug-likeness (QED) is 0.874. The number of halogens is 1. The van der Waals surface area contributed by atoms with Gasteiger partial charge in [0.25, 0.3) is 5.91 Å². The molecule has 1 N–H and O–H groups in total. The predicted molar refractivity (Wildman–Crippen MR) is 101 cm³/mol. The lowest BCUT2D eigenvalue weighted by atomic mass is 9.94. The Kier molecular flexibility index (Phi) is 5.73. The molecule has 0 aliphatic carbocycles. The lowest BCUT2D eigenvalue weighted by molar-refractivity contribution is 0.0512. The molecule has 0 unspecified atom stereocenters. The van der Waals surface area contributed by atoms with Crippen molar-refractivity contribution in [1.82, 2.24) is 15.0 Å². The summed E-state index contributed by atoms with van der Waals surface area (Å²) in [4.78, 5) is 16.7. The molecule has 1 atom stereocenters. The summed E-state index contributed by atoms with van der Waals surface area (Å²) in [6.45, 7) is 3.70. The van der Waals surface area contributed by atoms with Gasteiger partial charge < -0.3 is 14.5 Å². The van der Waals surface area contributed by atoms with Crippen LogP contribution >= 0.6 is 0 Å². The minimum absolute atomic E-state index is 0.148. The number of carbonyl (C=O) groups is 1. The van der Waals surface area contributed by atoms with Crippen molar-refractivity contribution >= 4 is 5.91 Å². The van der Waals surface area contributed by atoms with E-state index in [9.17, 15) is 14.3 Å². The molecule has 2 fully saturated rings. The molecular formula is C21H26FN3O3. The average molecular weight is 387 g/mol. The van der Waals surface area contributed by atoms with Crippen LogP contribution in [0.2, 0.25) is 0 Å². The molecule has 4 rings (SSSR count). The minimum atomic E-state index is -0.316. The van der Waals surface area contributed by atoms with E-state index in [0.717, 1.165) is 43.7 Å². The van der Waals surface area contributed by atoms with E-state index in [0.29, 0.717) is 25.9 Å². The van der Waals surface area contributed by atoms with Gasteiger partial charge >= 0.3 is 0 Å². The Labute approximate surface area is 163 Å². The first-order chi connectivity index (χ1) is 13.6. The third-order valence-electron chi connectivity index (χ3n) is 5.73. The molecule has 7 heteroatoms. The van der Waals surface area contributed by atoms with Gasteiger partial charge in [-0.1, -0.05) is 17.3 Å².